The summed E-state index contributed by atoms with van der Waals surface area (Å²) in [5, 5.41) is 3.05. The summed E-state index contributed by atoms with van der Waals surface area (Å²) in [6.07, 6.45) is 8.45. The number of rotatable bonds is 4. The number of amides is 1. The summed E-state index contributed by atoms with van der Waals surface area (Å²) < 4.78 is 2.89. The van der Waals surface area contributed by atoms with Gasteiger partial charge in [-0.1, -0.05) is 15.9 Å². The van der Waals surface area contributed by atoms with E-state index < -0.39 is 0 Å². The normalized spacial score (nSPS) is 14.9. The molecule has 3 heterocycles. The van der Waals surface area contributed by atoms with Crippen molar-refractivity contribution in [1.29, 1.82) is 0 Å². The van der Waals surface area contributed by atoms with Crippen LogP contribution in [0.5, 0.6) is 0 Å². The molecule has 0 unspecified atom stereocenters. The third-order valence-corrected chi connectivity index (χ3v) is 5.91. The molecular formula is C20H21BrN6O. The summed E-state index contributed by atoms with van der Waals surface area (Å²) in [5.41, 5.74) is 1.94. The Labute approximate surface area is 172 Å². The first-order valence-corrected chi connectivity index (χ1v) is 10.0. The number of aromatic nitrogens is 4. The van der Waals surface area contributed by atoms with Crippen molar-refractivity contribution < 1.29 is 4.79 Å². The number of piperidine rings is 1. The fourth-order valence-corrected chi connectivity index (χ4v) is 3.63. The van der Waals surface area contributed by atoms with Crippen molar-refractivity contribution in [3.63, 3.8) is 0 Å². The second-order valence-corrected chi connectivity index (χ2v) is 7.77. The highest BCUT2D eigenvalue weighted by Crippen LogP contribution is 2.25. The summed E-state index contributed by atoms with van der Waals surface area (Å²) in [6, 6.07) is 7.81. The number of nitrogens with zero attached hydrogens (tertiary/aromatic N) is 5. The number of hydrogen-bond donors (Lipinski definition) is 1. The fourth-order valence-electron chi connectivity index (χ4n) is 3.38. The van der Waals surface area contributed by atoms with Gasteiger partial charge in [0, 0.05) is 47.6 Å². The molecule has 0 atom stereocenters. The Kier molecular flexibility index (Phi) is 5.38. The molecule has 1 saturated heterocycles. The number of carbonyl (C=O) groups excluding carboxylic acids is 1. The summed E-state index contributed by atoms with van der Waals surface area (Å²) in [4.78, 5) is 27.6. The maximum atomic E-state index is 12.6. The number of imidazole rings is 1. The molecule has 0 aliphatic carbocycles. The van der Waals surface area contributed by atoms with Crippen LogP contribution in [0.25, 0.3) is 5.82 Å². The predicted octanol–water partition coefficient (Wildman–Crippen LogP) is 3.59. The van der Waals surface area contributed by atoms with Crippen LogP contribution in [0.2, 0.25) is 0 Å². The second-order valence-electron chi connectivity index (χ2n) is 6.92. The van der Waals surface area contributed by atoms with E-state index in [4.69, 9.17) is 0 Å². The Morgan fingerprint density at radius 3 is 2.68 bits per heavy atom. The van der Waals surface area contributed by atoms with Gasteiger partial charge in [-0.05, 0) is 43.5 Å². The highest BCUT2D eigenvalue weighted by atomic mass is 79.9. The van der Waals surface area contributed by atoms with Crippen LogP contribution in [-0.2, 0) is 4.79 Å². The van der Waals surface area contributed by atoms with Gasteiger partial charge in [-0.2, -0.15) is 0 Å². The van der Waals surface area contributed by atoms with E-state index in [9.17, 15) is 4.79 Å². The summed E-state index contributed by atoms with van der Waals surface area (Å²) >= 11 is 3.48. The Morgan fingerprint density at radius 1 is 1.18 bits per heavy atom. The number of hydrogen-bond acceptors (Lipinski definition) is 5. The average molecular weight is 441 g/mol. The smallest absolute Gasteiger partial charge is 0.227 e. The lowest BCUT2D eigenvalue weighted by Crippen LogP contribution is -2.38. The summed E-state index contributed by atoms with van der Waals surface area (Å²) in [6.45, 7) is 3.59. The largest absolute Gasteiger partial charge is 0.356 e. The number of benzene rings is 1. The second kappa shape index (κ2) is 8.10. The number of carbonyl (C=O) groups is 1. The Hall–Kier alpha value is -2.74. The monoisotopic (exact) mass is 440 g/mol. The molecule has 1 fully saturated rings. The van der Waals surface area contributed by atoms with Gasteiger partial charge in [0.15, 0.2) is 0 Å². The lowest BCUT2D eigenvalue weighted by atomic mass is 9.95. The van der Waals surface area contributed by atoms with E-state index >= 15 is 0 Å². The SMILES string of the molecule is Cc1cc(NC(=O)C2CCN(c3cc(-n4ccnc4)ncn3)CC2)ccc1Br. The highest BCUT2D eigenvalue weighted by Gasteiger charge is 2.26. The lowest BCUT2D eigenvalue weighted by molar-refractivity contribution is -0.120. The van der Waals surface area contributed by atoms with Gasteiger partial charge in [0.2, 0.25) is 5.91 Å². The molecule has 0 bridgehead atoms. The van der Waals surface area contributed by atoms with Crippen LogP contribution in [-0.4, -0.2) is 38.5 Å². The molecule has 28 heavy (non-hydrogen) atoms. The number of halogens is 1. The van der Waals surface area contributed by atoms with E-state index in [1.165, 1.54) is 0 Å². The van der Waals surface area contributed by atoms with Crippen molar-refractivity contribution in [3.05, 3.63) is 59.3 Å². The minimum Gasteiger partial charge on any atom is -0.356 e. The summed E-state index contributed by atoms with van der Waals surface area (Å²) in [7, 11) is 0. The van der Waals surface area contributed by atoms with Crippen molar-refractivity contribution in [2.75, 3.05) is 23.3 Å². The molecule has 144 valence electrons. The minimum absolute atomic E-state index is 0.00941. The standard InChI is InChI=1S/C20H21BrN6O/c1-14-10-16(2-3-17(14)21)25-20(28)15-4-7-26(8-5-15)18-11-19(24-12-23-18)27-9-6-22-13-27/h2-3,6,9-13,15H,4-5,7-8H2,1H3,(H,25,28). The molecule has 1 aliphatic heterocycles. The molecule has 3 aromatic rings. The molecule has 1 N–H and O–H groups in total. The molecular weight excluding hydrogens is 420 g/mol. The molecule has 0 radical (unpaired) electrons. The van der Waals surface area contributed by atoms with Crippen molar-refractivity contribution >= 4 is 33.3 Å². The quantitative estimate of drug-likeness (QED) is 0.670. The van der Waals surface area contributed by atoms with Gasteiger partial charge in [-0.3, -0.25) is 9.36 Å². The van der Waals surface area contributed by atoms with Crippen LogP contribution in [0.4, 0.5) is 11.5 Å². The van der Waals surface area contributed by atoms with Gasteiger partial charge in [0.05, 0.1) is 0 Å². The van der Waals surface area contributed by atoms with E-state index in [2.05, 4.69) is 41.1 Å². The molecule has 7 nitrogen and oxygen atoms in total. The van der Waals surface area contributed by atoms with Gasteiger partial charge in [0.25, 0.3) is 0 Å². The Morgan fingerprint density at radius 2 is 1.96 bits per heavy atom. The zero-order valence-corrected chi connectivity index (χ0v) is 17.1. The first-order chi connectivity index (χ1) is 13.6. The molecule has 1 aliphatic rings. The predicted molar refractivity (Wildman–Crippen MR) is 112 cm³/mol. The van der Waals surface area contributed by atoms with Crippen LogP contribution in [0, 0.1) is 12.8 Å². The van der Waals surface area contributed by atoms with E-state index in [0.717, 1.165) is 53.3 Å². The topological polar surface area (TPSA) is 75.9 Å². The van der Waals surface area contributed by atoms with Crippen molar-refractivity contribution in [2.45, 2.75) is 19.8 Å². The average Bonchev–Trinajstić information content (AvgIpc) is 3.26. The highest BCUT2D eigenvalue weighted by molar-refractivity contribution is 9.10. The van der Waals surface area contributed by atoms with Crippen LogP contribution in [0.1, 0.15) is 18.4 Å². The zero-order valence-electron chi connectivity index (χ0n) is 15.5. The lowest BCUT2D eigenvalue weighted by Gasteiger charge is -2.32. The Balaban J connectivity index is 1.37. The minimum atomic E-state index is 0.00941. The number of aryl methyl sites for hydroxylation is 1. The van der Waals surface area contributed by atoms with Crippen LogP contribution in [0.3, 0.4) is 0 Å². The third kappa shape index (κ3) is 4.06. The van der Waals surface area contributed by atoms with Crippen molar-refractivity contribution in [3.8, 4) is 5.82 Å². The maximum Gasteiger partial charge on any atom is 0.227 e. The van der Waals surface area contributed by atoms with Gasteiger partial charge in [-0.15, -0.1) is 0 Å². The van der Waals surface area contributed by atoms with E-state index in [-0.39, 0.29) is 11.8 Å². The van der Waals surface area contributed by atoms with Crippen LogP contribution < -0.4 is 10.2 Å². The number of anilines is 2. The molecule has 0 saturated carbocycles. The van der Waals surface area contributed by atoms with Gasteiger partial charge >= 0.3 is 0 Å². The van der Waals surface area contributed by atoms with Gasteiger partial charge in [-0.25, -0.2) is 15.0 Å². The van der Waals surface area contributed by atoms with Crippen molar-refractivity contribution in [1.82, 2.24) is 19.5 Å². The molecule has 0 spiro atoms. The molecule has 1 amide bonds. The molecule has 4 rings (SSSR count). The van der Waals surface area contributed by atoms with Gasteiger partial charge < -0.3 is 10.2 Å². The van der Waals surface area contributed by atoms with Crippen LogP contribution in [0.15, 0.2) is 53.8 Å². The molecule has 1 aromatic carbocycles. The molecule has 8 heteroatoms. The third-order valence-electron chi connectivity index (χ3n) is 5.02. The van der Waals surface area contributed by atoms with E-state index in [1.54, 1.807) is 18.9 Å². The van der Waals surface area contributed by atoms with E-state index in [1.807, 2.05) is 42.0 Å². The van der Waals surface area contributed by atoms with E-state index in [0.29, 0.717) is 0 Å². The number of nitrogens with one attached hydrogen (secondary N) is 1. The zero-order chi connectivity index (χ0) is 19.5. The first kappa shape index (κ1) is 18.6. The Bertz CT molecular complexity index is 967. The fraction of sp³-hybridized carbons (Fsp3) is 0.300. The maximum absolute atomic E-state index is 12.6. The molecule has 2 aromatic heterocycles. The first-order valence-electron chi connectivity index (χ1n) is 9.22. The van der Waals surface area contributed by atoms with Gasteiger partial charge in [0.1, 0.15) is 24.3 Å². The summed E-state index contributed by atoms with van der Waals surface area (Å²) in [5.74, 6) is 1.76. The van der Waals surface area contributed by atoms with Crippen LogP contribution >= 0.6 is 15.9 Å². The van der Waals surface area contributed by atoms with Crippen molar-refractivity contribution in [2.24, 2.45) is 5.92 Å².